The maximum Gasteiger partial charge on any atom is 0.295 e. The molecule has 0 saturated heterocycles. The van der Waals surface area contributed by atoms with Crippen molar-refractivity contribution >= 4 is 44.2 Å². The summed E-state index contributed by atoms with van der Waals surface area (Å²) in [5.41, 5.74) is 2.82. The van der Waals surface area contributed by atoms with Gasteiger partial charge in [-0.3, -0.25) is 9.69 Å². The van der Waals surface area contributed by atoms with Crippen LogP contribution in [0, 0.1) is 20.8 Å². The molecule has 0 radical (unpaired) electrons. The first-order chi connectivity index (χ1) is 13.9. The number of aromatic nitrogens is 3. The van der Waals surface area contributed by atoms with E-state index in [1.807, 2.05) is 43.7 Å². The SMILES string of the molecule is Cc1cc(C(=O)N(CCCn2ccnc2)c2nc3c(C)cc(Cl)cc3s2)oc1C. The number of carbonyl (C=O) groups is 1. The van der Waals surface area contributed by atoms with Crippen molar-refractivity contribution < 1.29 is 9.21 Å². The van der Waals surface area contributed by atoms with Crippen molar-refractivity contribution in [2.45, 2.75) is 33.7 Å². The van der Waals surface area contributed by atoms with Crippen LogP contribution in [0.5, 0.6) is 0 Å². The minimum Gasteiger partial charge on any atom is -0.456 e. The number of imidazole rings is 1. The molecule has 4 aromatic rings. The number of anilines is 1. The van der Waals surface area contributed by atoms with Crippen LogP contribution in [0.3, 0.4) is 0 Å². The van der Waals surface area contributed by atoms with E-state index in [9.17, 15) is 4.79 Å². The van der Waals surface area contributed by atoms with E-state index in [0.717, 1.165) is 40.1 Å². The highest BCUT2D eigenvalue weighted by Crippen LogP contribution is 2.34. The Bertz CT molecular complexity index is 1140. The van der Waals surface area contributed by atoms with E-state index in [1.165, 1.54) is 11.3 Å². The second kappa shape index (κ2) is 8.00. The molecule has 1 amide bonds. The molecule has 1 aromatic carbocycles. The molecule has 3 heterocycles. The van der Waals surface area contributed by atoms with Crippen LogP contribution in [0.25, 0.3) is 10.2 Å². The Hall–Kier alpha value is -2.64. The summed E-state index contributed by atoms with van der Waals surface area (Å²) in [5, 5.41) is 1.31. The number of fused-ring (bicyclic) bond motifs is 1. The van der Waals surface area contributed by atoms with Crippen molar-refractivity contribution in [3.05, 3.63) is 64.6 Å². The number of furan rings is 1. The Labute approximate surface area is 177 Å². The fourth-order valence-corrected chi connectivity index (χ4v) is 4.63. The minimum atomic E-state index is -0.186. The summed E-state index contributed by atoms with van der Waals surface area (Å²) in [7, 11) is 0. The largest absolute Gasteiger partial charge is 0.456 e. The number of carbonyl (C=O) groups excluding carboxylic acids is 1. The number of benzene rings is 1. The topological polar surface area (TPSA) is 64.2 Å². The summed E-state index contributed by atoms with van der Waals surface area (Å²) >= 11 is 7.67. The summed E-state index contributed by atoms with van der Waals surface area (Å²) in [6.07, 6.45) is 6.19. The van der Waals surface area contributed by atoms with Gasteiger partial charge in [0, 0.05) is 30.5 Å². The van der Waals surface area contributed by atoms with Crippen LogP contribution < -0.4 is 4.90 Å². The van der Waals surface area contributed by atoms with Gasteiger partial charge in [0.1, 0.15) is 5.76 Å². The Morgan fingerprint density at radius 3 is 2.76 bits per heavy atom. The van der Waals surface area contributed by atoms with E-state index in [0.29, 0.717) is 22.5 Å². The second-order valence-electron chi connectivity index (χ2n) is 7.03. The van der Waals surface area contributed by atoms with Crippen molar-refractivity contribution in [1.82, 2.24) is 14.5 Å². The van der Waals surface area contributed by atoms with Gasteiger partial charge in [0.25, 0.3) is 5.91 Å². The molecule has 6 nitrogen and oxygen atoms in total. The van der Waals surface area contributed by atoms with E-state index in [1.54, 1.807) is 23.5 Å². The monoisotopic (exact) mass is 428 g/mol. The summed E-state index contributed by atoms with van der Waals surface area (Å²) in [4.78, 5) is 23.8. The zero-order valence-electron chi connectivity index (χ0n) is 16.5. The number of hydrogen-bond donors (Lipinski definition) is 0. The van der Waals surface area contributed by atoms with Crippen LogP contribution in [-0.4, -0.2) is 27.0 Å². The molecule has 0 saturated carbocycles. The van der Waals surface area contributed by atoms with Crippen LogP contribution in [0.2, 0.25) is 5.02 Å². The number of hydrogen-bond acceptors (Lipinski definition) is 5. The van der Waals surface area contributed by atoms with Gasteiger partial charge in [-0.1, -0.05) is 22.9 Å². The minimum absolute atomic E-state index is 0.186. The maximum atomic E-state index is 13.3. The molecule has 4 rings (SSSR count). The Morgan fingerprint density at radius 1 is 1.24 bits per heavy atom. The number of thiazole rings is 1. The first kappa shape index (κ1) is 19.7. The number of halogens is 1. The molecular weight excluding hydrogens is 408 g/mol. The second-order valence-corrected chi connectivity index (χ2v) is 8.47. The third kappa shape index (κ3) is 4.06. The van der Waals surface area contributed by atoms with Crippen molar-refractivity contribution in [2.75, 3.05) is 11.4 Å². The predicted octanol–water partition coefficient (Wildman–Crippen LogP) is 5.40. The van der Waals surface area contributed by atoms with Gasteiger partial charge < -0.3 is 8.98 Å². The van der Waals surface area contributed by atoms with Gasteiger partial charge in [0.2, 0.25) is 0 Å². The lowest BCUT2D eigenvalue weighted by Crippen LogP contribution is -2.32. The standard InChI is InChI=1S/C21H21ClN4O2S/c1-13-10-17(28-15(13)3)20(27)26(7-4-6-25-8-5-23-12-25)21-24-19-14(2)9-16(22)11-18(19)29-21/h5,8-12H,4,6-7H2,1-3H3. The number of nitrogens with zero attached hydrogens (tertiary/aromatic N) is 4. The van der Waals surface area contributed by atoms with Gasteiger partial charge in [0.15, 0.2) is 10.9 Å². The lowest BCUT2D eigenvalue weighted by Gasteiger charge is -2.18. The van der Waals surface area contributed by atoms with Crippen molar-refractivity contribution in [2.24, 2.45) is 0 Å². The lowest BCUT2D eigenvalue weighted by molar-refractivity contribution is 0.0958. The number of rotatable bonds is 6. The van der Waals surface area contributed by atoms with Gasteiger partial charge in [-0.05, 0) is 56.5 Å². The molecule has 0 aliphatic rings. The van der Waals surface area contributed by atoms with Crippen molar-refractivity contribution in [1.29, 1.82) is 0 Å². The fraction of sp³-hybridized carbons (Fsp3) is 0.286. The van der Waals surface area contributed by atoms with E-state index in [2.05, 4.69) is 4.98 Å². The molecule has 0 atom stereocenters. The average molecular weight is 429 g/mol. The molecular formula is C21H21ClN4O2S. The number of aryl methyl sites for hydroxylation is 4. The summed E-state index contributed by atoms with van der Waals surface area (Å²) < 4.78 is 8.65. The third-order valence-corrected chi connectivity index (χ3v) is 6.09. The molecule has 0 spiro atoms. The zero-order chi connectivity index (χ0) is 20.5. The molecule has 150 valence electrons. The summed E-state index contributed by atoms with van der Waals surface area (Å²) in [6.45, 7) is 7.04. The van der Waals surface area contributed by atoms with Gasteiger partial charge in [0.05, 0.1) is 16.5 Å². The smallest absolute Gasteiger partial charge is 0.295 e. The van der Waals surface area contributed by atoms with Gasteiger partial charge in [-0.25, -0.2) is 9.97 Å². The molecule has 0 unspecified atom stereocenters. The van der Waals surface area contributed by atoms with Crippen LogP contribution in [0.15, 0.2) is 41.3 Å². The van der Waals surface area contributed by atoms with E-state index in [4.69, 9.17) is 21.0 Å². The molecule has 3 aromatic heterocycles. The average Bonchev–Trinajstić information content (AvgIpc) is 3.39. The molecule has 8 heteroatoms. The Kier molecular flexibility index (Phi) is 5.43. The third-order valence-electron chi connectivity index (χ3n) is 4.85. The Morgan fingerprint density at radius 2 is 2.07 bits per heavy atom. The lowest BCUT2D eigenvalue weighted by atomic mass is 10.2. The van der Waals surface area contributed by atoms with Crippen molar-refractivity contribution in [3.8, 4) is 0 Å². The number of amides is 1. The van der Waals surface area contributed by atoms with Gasteiger partial charge >= 0.3 is 0 Å². The van der Waals surface area contributed by atoms with Crippen molar-refractivity contribution in [3.63, 3.8) is 0 Å². The van der Waals surface area contributed by atoms with Gasteiger partial charge in [-0.2, -0.15) is 0 Å². The fourth-order valence-electron chi connectivity index (χ4n) is 3.18. The molecule has 0 bridgehead atoms. The van der Waals surface area contributed by atoms with Crippen LogP contribution in [0.4, 0.5) is 5.13 Å². The highest BCUT2D eigenvalue weighted by Gasteiger charge is 2.24. The molecule has 29 heavy (non-hydrogen) atoms. The molecule has 0 N–H and O–H groups in total. The summed E-state index contributed by atoms with van der Waals surface area (Å²) in [5.74, 6) is 0.893. The quantitative estimate of drug-likeness (QED) is 0.412. The van der Waals surface area contributed by atoms with E-state index >= 15 is 0 Å². The first-order valence-electron chi connectivity index (χ1n) is 9.33. The Balaban J connectivity index is 1.67. The van der Waals surface area contributed by atoms with E-state index in [-0.39, 0.29) is 5.91 Å². The molecule has 0 fully saturated rings. The zero-order valence-corrected chi connectivity index (χ0v) is 18.0. The first-order valence-corrected chi connectivity index (χ1v) is 10.5. The van der Waals surface area contributed by atoms with Crippen LogP contribution in [-0.2, 0) is 6.54 Å². The highest BCUT2D eigenvalue weighted by molar-refractivity contribution is 7.22. The predicted molar refractivity (Wildman–Crippen MR) is 116 cm³/mol. The maximum absolute atomic E-state index is 13.3. The molecule has 0 aliphatic heterocycles. The van der Waals surface area contributed by atoms with Crippen LogP contribution >= 0.6 is 22.9 Å². The molecule has 0 aliphatic carbocycles. The van der Waals surface area contributed by atoms with Gasteiger partial charge in [-0.15, -0.1) is 0 Å². The highest BCUT2D eigenvalue weighted by atomic mass is 35.5. The normalized spacial score (nSPS) is 11.3. The van der Waals surface area contributed by atoms with E-state index < -0.39 is 0 Å². The van der Waals surface area contributed by atoms with Crippen LogP contribution in [0.1, 0.15) is 33.9 Å². The summed E-state index contributed by atoms with van der Waals surface area (Å²) in [6, 6.07) is 5.56.